The normalized spacial score (nSPS) is 52.8. The Bertz CT molecular complexity index is 171. The lowest BCUT2D eigenvalue weighted by Crippen LogP contribution is -2.31. The van der Waals surface area contributed by atoms with Gasteiger partial charge in [0.05, 0.1) is 12.2 Å². The summed E-state index contributed by atoms with van der Waals surface area (Å²) in [6.45, 7) is 4.36. The Morgan fingerprint density at radius 3 is 2.25 bits per heavy atom. The van der Waals surface area contributed by atoms with Crippen LogP contribution < -0.4 is 0 Å². The van der Waals surface area contributed by atoms with Gasteiger partial charge in [-0.05, 0) is 44.4 Å². The molecule has 0 amide bonds. The highest BCUT2D eigenvalue weighted by atomic mass is 35.5. The zero-order chi connectivity index (χ0) is 8.77. The van der Waals surface area contributed by atoms with E-state index in [0.29, 0.717) is 17.6 Å². The smallest absolute Gasteiger partial charge is 0.0556 e. The van der Waals surface area contributed by atoms with Gasteiger partial charge in [0, 0.05) is 5.88 Å². The minimum absolute atomic E-state index is 0.446. The summed E-state index contributed by atoms with van der Waals surface area (Å²) in [4.78, 5) is 0. The summed E-state index contributed by atoms with van der Waals surface area (Å²) in [6, 6.07) is 0. The highest BCUT2D eigenvalue weighted by Gasteiger charge is 2.56. The molecular formula is C10H17ClO. The van der Waals surface area contributed by atoms with Gasteiger partial charge in [-0.15, -0.1) is 11.6 Å². The van der Waals surface area contributed by atoms with E-state index >= 15 is 0 Å². The van der Waals surface area contributed by atoms with Gasteiger partial charge in [-0.25, -0.2) is 0 Å². The molecule has 12 heavy (non-hydrogen) atoms. The molecule has 0 N–H and O–H groups in total. The van der Waals surface area contributed by atoms with Gasteiger partial charge < -0.3 is 4.74 Å². The Hall–Kier alpha value is 0.250. The molecule has 2 rings (SSSR count). The lowest BCUT2D eigenvalue weighted by Gasteiger charge is -2.33. The summed E-state index contributed by atoms with van der Waals surface area (Å²) in [5, 5.41) is 0. The molecule has 2 heteroatoms. The van der Waals surface area contributed by atoms with Crippen LogP contribution in [0.2, 0.25) is 0 Å². The molecule has 1 aliphatic heterocycles. The third kappa shape index (κ3) is 1.38. The van der Waals surface area contributed by atoms with Crippen molar-refractivity contribution in [3.05, 3.63) is 0 Å². The molecule has 0 bridgehead atoms. The van der Waals surface area contributed by atoms with Crippen molar-refractivity contribution in [2.75, 3.05) is 5.88 Å². The molecular weight excluding hydrogens is 172 g/mol. The molecule has 1 aliphatic carbocycles. The zero-order valence-corrected chi connectivity index (χ0v) is 8.60. The number of alkyl halides is 1. The van der Waals surface area contributed by atoms with Crippen LogP contribution in [-0.2, 0) is 4.74 Å². The van der Waals surface area contributed by atoms with E-state index < -0.39 is 0 Å². The van der Waals surface area contributed by atoms with Crippen LogP contribution in [-0.4, -0.2) is 18.1 Å². The number of halogens is 1. The lowest BCUT2D eigenvalue weighted by molar-refractivity contribution is -0.0619. The molecule has 3 atom stereocenters. The van der Waals surface area contributed by atoms with Gasteiger partial charge in [-0.3, -0.25) is 0 Å². The second kappa shape index (κ2) is 2.88. The fourth-order valence-corrected chi connectivity index (χ4v) is 3.31. The summed E-state index contributed by atoms with van der Waals surface area (Å²) in [7, 11) is 0. The van der Waals surface area contributed by atoms with Crippen molar-refractivity contribution in [1.29, 1.82) is 0 Å². The van der Waals surface area contributed by atoms with Crippen LogP contribution in [0.1, 0.15) is 33.1 Å². The van der Waals surface area contributed by atoms with E-state index in [2.05, 4.69) is 13.8 Å². The molecule has 3 unspecified atom stereocenters. The molecule has 0 aromatic carbocycles. The van der Waals surface area contributed by atoms with E-state index in [-0.39, 0.29) is 0 Å². The molecule has 2 aliphatic rings. The Balaban J connectivity index is 1.99. The van der Waals surface area contributed by atoms with Crippen molar-refractivity contribution in [2.24, 2.45) is 11.3 Å². The number of ether oxygens (including phenoxy) is 1. The molecule has 1 spiro atoms. The van der Waals surface area contributed by atoms with Crippen molar-refractivity contribution in [3.8, 4) is 0 Å². The molecule has 1 nitrogen and oxygen atoms in total. The predicted molar refractivity (Wildman–Crippen MR) is 50.5 cm³/mol. The van der Waals surface area contributed by atoms with Gasteiger partial charge in [0.25, 0.3) is 0 Å². The maximum Gasteiger partial charge on any atom is 0.0556 e. The van der Waals surface area contributed by atoms with Crippen LogP contribution in [0.4, 0.5) is 0 Å². The largest absolute Gasteiger partial charge is 0.376 e. The maximum atomic E-state index is 5.88. The third-order valence-electron chi connectivity index (χ3n) is 3.40. The zero-order valence-electron chi connectivity index (χ0n) is 7.85. The van der Waals surface area contributed by atoms with E-state index in [1.165, 1.54) is 19.3 Å². The molecule has 1 saturated heterocycles. The Labute approximate surface area is 79.4 Å². The monoisotopic (exact) mass is 188 g/mol. The fourth-order valence-electron chi connectivity index (χ4n) is 2.87. The molecule has 0 aromatic rings. The quantitative estimate of drug-likeness (QED) is 0.575. The molecule has 1 heterocycles. The van der Waals surface area contributed by atoms with E-state index in [0.717, 1.165) is 11.8 Å². The Morgan fingerprint density at radius 1 is 1.25 bits per heavy atom. The van der Waals surface area contributed by atoms with Crippen LogP contribution in [0.3, 0.4) is 0 Å². The topological polar surface area (TPSA) is 9.23 Å². The highest BCUT2D eigenvalue weighted by Crippen LogP contribution is 2.61. The average Bonchev–Trinajstić information content (AvgIpc) is 2.59. The highest BCUT2D eigenvalue weighted by molar-refractivity contribution is 6.18. The first-order chi connectivity index (χ1) is 5.66. The fraction of sp³-hybridized carbons (Fsp3) is 1.00. The van der Waals surface area contributed by atoms with Crippen LogP contribution in [0.5, 0.6) is 0 Å². The van der Waals surface area contributed by atoms with Gasteiger partial charge in [0.15, 0.2) is 0 Å². The van der Waals surface area contributed by atoms with Crippen molar-refractivity contribution >= 4 is 11.6 Å². The Morgan fingerprint density at radius 2 is 1.83 bits per heavy atom. The molecule has 0 aromatic heterocycles. The van der Waals surface area contributed by atoms with E-state index in [9.17, 15) is 0 Å². The van der Waals surface area contributed by atoms with Crippen molar-refractivity contribution in [3.63, 3.8) is 0 Å². The van der Waals surface area contributed by atoms with Crippen LogP contribution in [0.25, 0.3) is 0 Å². The average molecular weight is 189 g/mol. The summed E-state index contributed by atoms with van der Waals surface area (Å²) in [5.74, 6) is 1.63. The summed E-state index contributed by atoms with van der Waals surface area (Å²) < 4.78 is 5.71. The first-order valence-corrected chi connectivity index (χ1v) is 5.41. The third-order valence-corrected chi connectivity index (χ3v) is 3.77. The minimum atomic E-state index is 0.446. The first kappa shape index (κ1) is 8.83. The van der Waals surface area contributed by atoms with E-state index in [4.69, 9.17) is 16.3 Å². The summed E-state index contributed by atoms with van der Waals surface area (Å²) >= 11 is 5.88. The van der Waals surface area contributed by atoms with Gasteiger partial charge in [-0.1, -0.05) is 0 Å². The minimum Gasteiger partial charge on any atom is -0.376 e. The van der Waals surface area contributed by atoms with Crippen molar-refractivity contribution in [1.82, 2.24) is 0 Å². The second-order valence-electron chi connectivity index (χ2n) is 4.58. The Kier molecular flexibility index (Phi) is 2.12. The van der Waals surface area contributed by atoms with Gasteiger partial charge in [-0.2, -0.15) is 0 Å². The van der Waals surface area contributed by atoms with E-state index in [1.54, 1.807) is 0 Å². The van der Waals surface area contributed by atoms with Gasteiger partial charge >= 0.3 is 0 Å². The number of hydrogen-bond donors (Lipinski definition) is 0. The van der Waals surface area contributed by atoms with Crippen molar-refractivity contribution < 1.29 is 4.74 Å². The molecule has 70 valence electrons. The second-order valence-corrected chi connectivity index (χ2v) is 4.89. The van der Waals surface area contributed by atoms with E-state index in [1.807, 2.05) is 0 Å². The van der Waals surface area contributed by atoms with Crippen LogP contribution >= 0.6 is 11.6 Å². The molecule has 2 fully saturated rings. The predicted octanol–water partition coefficient (Wildman–Crippen LogP) is 2.82. The summed E-state index contributed by atoms with van der Waals surface area (Å²) in [5.41, 5.74) is 0.582. The molecule has 0 radical (unpaired) electrons. The van der Waals surface area contributed by atoms with Crippen molar-refractivity contribution in [2.45, 2.75) is 45.3 Å². The van der Waals surface area contributed by atoms with Gasteiger partial charge in [0.2, 0.25) is 0 Å². The number of hydrogen-bond acceptors (Lipinski definition) is 1. The summed E-state index contributed by atoms with van der Waals surface area (Å²) in [6.07, 6.45) is 4.70. The lowest BCUT2D eigenvalue weighted by atomic mass is 9.87. The standard InChI is InChI=1S/C10H17ClO/c1-7-3-10(4-8(2)12-7)5-9(10)6-11/h7-9H,3-6H2,1-2H3. The van der Waals surface area contributed by atoms with Crippen LogP contribution in [0, 0.1) is 11.3 Å². The van der Waals surface area contributed by atoms with Crippen LogP contribution in [0.15, 0.2) is 0 Å². The van der Waals surface area contributed by atoms with Gasteiger partial charge in [0.1, 0.15) is 0 Å². The first-order valence-electron chi connectivity index (χ1n) is 4.88. The number of rotatable bonds is 1. The molecule has 1 saturated carbocycles. The SMILES string of the molecule is CC1CC2(CC(C)O1)CC2CCl. The maximum absolute atomic E-state index is 5.88.